The Kier molecular flexibility index (Phi) is 4.88. The number of benzene rings is 1. The first-order chi connectivity index (χ1) is 11.8. The Balaban J connectivity index is 2.08. The van der Waals surface area contributed by atoms with Gasteiger partial charge in [-0.2, -0.15) is 4.31 Å². The zero-order valence-corrected chi connectivity index (χ0v) is 15.9. The second kappa shape index (κ2) is 6.80. The second-order valence-electron chi connectivity index (χ2n) is 6.70. The van der Waals surface area contributed by atoms with Gasteiger partial charge in [0.05, 0.1) is 12.8 Å². The van der Waals surface area contributed by atoms with Crippen molar-refractivity contribution in [3.63, 3.8) is 0 Å². The number of piperidine rings is 1. The molecule has 2 heterocycles. The molecule has 0 aliphatic carbocycles. The number of methoxy groups -OCH3 is 1. The van der Waals surface area contributed by atoms with Crippen molar-refractivity contribution in [1.29, 1.82) is 0 Å². The molecule has 0 saturated carbocycles. The van der Waals surface area contributed by atoms with Crippen LogP contribution in [0.2, 0.25) is 0 Å². The number of aromatic nitrogens is 1. The minimum absolute atomic E-state index is 0.176. The number of ether oxygens (including phenoxy) is 1. The van der Waals surface area contributed by atoms with Gasteiger partial charge in [0.1, 0.15) is 10.6 Å². The van der Waals surface area contributed by atoms with E-state index >= 15 is 0 Å². The topological polar surface area (TPSA) is 72.6 Å². The fourth-order valence-corrected chi connectivity index (χ4v) is 4.99. The molecule has 0 N–H and O–H groups in total. The van der Waals surface area contributed by atoms with Crippen molar-refractivity contribution in [2.45, 2.75) is 38.5 Å². The average molecular weight is 364 g/mol. The maximum Gasteiger partial charge on any atom is 0.246 e. The van der Waals surface area contributed by atoms with E-state index < -0.39 is 10.0 Å². The number of nitrogens with zero attached hydrogens (tertiary/aromatic N) is 2. The standard InChI is InChI=1S/C18H24N2O4S/c1-12-6-5-9-20(11-12)25(21,22)17-10-15(7-8-16(17)23-4)18-13(2)14(3)19-24-18/h7-8,10,12H,5-6,9,11H2,1-4H3. The Morgan fingerprint density at radius 2 is 2.08 bits per heavy atom. The zero-order chi connectivity index (χ0) is 18.2. The van der Waals surface area contributed by atoms with Crippen LogP contribution in [0.15, 0.2) is 27.6 Å². The van der Waals surface area contributed by atoms with E-state index in [4.69, 9.17) is 9.26 Å². The Morgan fingerprint density at radius 3 is 2.68 bits per heavy atom. The molecule has 1 saturated heterocycles. The first-order valence-electron chi connectivity index (χ1n) is 8.46. The molecule has 25 heavy (non-hydrogen) atoms. The third kappa shape index (κ3) is 3.30. The third-order valence-corrected chi connectivity index (χ3v) is 6.71. The predicted octanol–water partition coefficient (Wildman–Crippen LogP) is 3.39. The summed E-state index contributed by atoms with van der Waals surface area (Å²) in [5, 5.41) is 3.96. The molecule has 1 unspecified atom stereocenters. The molecule has 3 rings (SSSR count). The average Bonchev–Trinajstić information content (AvgIpc) is 2.93. The molecule has 6 nitrogen and oxygen atoms in total. The van der Waals surface area contributed by atoms with Crippen LogP contribution in [-0.4, -0.2) is 38.1 Å². The molecule has 1 aliphatic heterocycles. The maximum atomic E-state index is 13.2. The SMILES string of the molecule is COc1ccc(-c2onc(C)c2C)cc1S(=O)(=O)N1CCCC(C)C1. The first-order valence-corrected chi connectivity index (χ1v) is 9.90. The summed E-state index contributed by atoms with van der Waals surface area (Å²) >= 11 is 0. The molecule has 0 amide bonds. The number of hydrogen-bond acceptors (Lipinski definition) is 5. The van der Waals surface area contributed by atoms with Crippen LogP contribution in [0.3, 0.4) is 0 Å². The molecule has 1 aromatic heterocycles. The van der Waals surface area contributed by atoms with Gasteiger partial charge in [-0.15, -0.1) is 0 Å². The molecule has 136 valence electrons. The Labute approximate surface area is 148 Å². The van der Waals surface area contributed by atoms with Gasteiger partial charge in [-0.3, -0.25) is 0 Å². The summed E-state index contributed by atoms with van der Waals surface area (Å²) in [4.78, 5) is 0.176. The highest BCUT2D eigenvalue weighted by atomic mass is 32.2. The highest BCUT2D eigenvalue weighted by molar-refractivity contribution is 7.89. The highest BCUT2D eigenvalue weighted by Crippen LogP contribution is 2.34. The van der Waals surface area contributed by atoms with Gasteiger partial charge >= 0.3 is 0 Å². The summed E-state index contributed by atoms with van der Waals surface area (Å²) in [5.74, 6) is 1.29. The Hall–Kier alpha value is -1.86. The van der Waals surface area contributed by atoms with Crippen molar-refractivity contribution in [2.24, 2.45) is 5.92 Å². The van der Waals surface area contributed by atoms with Crippen molar-refractivity contribution in [3.05, 3.63) is 29.5 Å². The summed E-state index contributed by atoms with van der Waals surface area (Å²) in [6.45, 7) is 6.93. The van der Waals surface area contributed by atoms with E-state index in [9.17, 15) is 8.42 Å². The molecular formula is C18H24N2O4S. The van der Waals surface area contributed by atoms with Crippen molar-refractivity contribution >= 4 is 10.0 Å². The van der Waals surface area contributed by atoms with E-state index in [-0.39, 0.29) is 4.90 Å². The van der Waals surface area contributed by atoms with E-state index in [0.29, 0.717) is 36.1 Å². The molecule has 0 bridgehead atoms. The molecule has 1 atom stereocenters. The van der Waals surface area contributed by atoms with Crippen LogP contribution >= 0.6 is 0 Å². The van der Waals surface area contributed by atoms with E-state index in [1.807, 2.05) is 13.8 Å². The van der Waals surface area contributed by atoms with Crippen LogP contribution in [0.5, 0.6) is 5.75 Å². The van der Waals surface area contributed by atoms with Gasteiger partial charge in [0, 0.05) is 24.2 Å². The van der Waals surface area contributed by atoms with Crippen LogP contribution in [0, 0.1) is 19.8 Å². The maximum absolute atomic E-state index is 13.2. The molecule has 1 fully saturated rings. The quantitative estimate of drug-likeness (QED) is 0.831. The van der Waals surface area contributed by atoms with Gasteiger partial charge in [0.25, 0.3) is 0 Å². The third-order valence-electron chi connectivity index (χ3n) is 4.82. The van der Waals surface area contributed by atoms with Gasteiger partial charge in [-0.25, -0.2) is 8.42 Å². The fourth-order valence-electron chi connectivity index (χ4n) is 3.21. The predicted molar refractivity (Wildman–Crippen MR) is 95.1 cm³/mol. The van der Waals surface area contributed by atoms with E-state index in [1.165, 1.54) is 7.11 Å². The van der Waals surface area contributed by atoms with Gasteiger partial charge in [0.2, 0.25) is 10.0 Å². The lowest BCUT2D eigenvalue weighted by Gasteiger charge is -2.30. The summed E-state index contributed by atoms with van der Waals surface area (Å²) in [6.07, 6.45) is 1.93. The second-order valence-corrected chi connectivity index (χ2v) is 8.60. The van der Waals surface area contributed by atoms with E-state index in [0.717, 1.165) is 24.1 Å². The van der Waals surface area contributed by atoms with Gasteiger partial charge < -0.3 is 9.26 Å². The lowest BCUT2D eigenvalue weighted by molar-refractivity contribution is 0.280. The summed E-state index contributed by atoms with van der Waals surface area (Å²) in [7, 11) is -2.15. The van der Waals surface area contributed by atoms with Gasteiger partial charge in [0.15, 0.2) is 5.76 Å². The van der Waals surface area contributed by atoms with Crippen LogP contribution in [0.25, 0.3) is 11.3 Å². The Morgan fingerprint density at radius 1 is 1.32 bits per heavy atom. The van der Waals surface area contributed by atoms with Crippen LogP contribution in [0.4, 0.5) is 0 Å². The van der Waals surface area contributed by atoms with E-state index in [1.54, 1.807) is 22.5 Å². The molecule has 1 aromatic carbocycles. The number of hydrogen-bond donors (Lipinski definition) is 0. The summed E-state index contributed by atoms with van der Waals surface area (Å²) in [6, 6.07) is 5.09. The fraction of sp³-hybridized carbons (Fsp3) is 0.500. The van der Waals surface area contributed by atoms with Crippen LogP contribution in [0.1, 0.15) is 31.0 Å². The molecule has 0 spiro atoms. The number of rotatable bonds is 4. The minimum Gasteiger partial charge on any atom is -0.495 e. The Bertz CT molecular complexity index is 873. The number of aryl methyl sites for hydroxylation is 1. The van der Waals surface area contributed by atoms with Crippen molar-refractivity contribution in [2.75, 3.05) is 20.2 Å². The zero-order valence-electron chi connectivity index (χ0n) is 15.1. The molecular weight excluding hydrogens is 340 g/mol. The van der Waals surface area contributed by atoms with Gasteiger partial charge in [-0.1, -0.05) is 12.1 Å². The monoisotopic (exact) mass is 364 g/mol. The lowest BCUT2D eigenvalue weighted by atomic mass is 10.0. The normalized spacial score (nSPS) is 19.1. The minimum atomic E-state index is -3.63. The smallest absolute Gasteiger partial charge is 0.246 e. The summed E-state index contributed by atoms with van der Waals surface area (Å²) in [5.41, 5.74) is 2.38. The van der Waals surface area contributed by atoms with Crippen LogP contribution < -0.4 is 4.74 Å². The summed E-state index contributed by atoms with van der Waals surface area (Å²) < 4.78 is 38.6. The van der Waals surface area contributed by atoms with Crippen molar-refractivity contribution < 1.29 is 17.7 Å². The van der Waals surface area contributed by atoms with Crippen LogP contribution in [-0.2, 0) is 10.0 Å². The largest absolute Gasteiger partial charge is 0.495 e. The molecule has 2 aromatic rings. The highest BCUT2D eigenvalue weighted by Gasteiger charge is 2.31. The van der Waals surface area contributed by atoms with E-state index in [2.05, 4.69) is 12.1 Å². The van der Waals surface area contributed by atoms with Crippen molar-refractivity contribution in [3.8, 4) is 17.1 Å². The molecule has 1 aliphatic rings. The lowest BCUT2D eigenvalue weighted by Crippen LogP contribution is -2.39. The first kappa shape index (κ1) is 17.9. The van der Waals surface area contributed by atoms with Gasteiger partial charge in [-0.05, 0) is 50.8 Å². The number of sulfonamides is 1. The molecule has 7 heteroatoms. The van der Waals surface area contributed by atoms with Crippen molar-refractivity contribution in [1.82, 2.24) is 9.46 Å². The molecule has 0 radical (unpaired) electrons.